The highest BCUT2D eigenvalue weighted by Crippen LogP contribution is 2.23. The molecule has 16 heavy (non-hydrogen) atoms. The van der Waals surface area contributed by atoms with Crippen molar-refractivity contribution >= 4 is 37.9 Å². The Hall–Kier alpha value is -0.470. The number of hydrogen-bond donors (Lipinski definition) is 0. The molecule has 90 valence electrons. The van der Waals surface area contributed by atoms with Gasteiger partial charge in [-0.2, -0.15) is 8.42 Å². The van der Waals surface area contributed by atoms with Gasteiger partial charge < -0.3 is 4.52 Å². The van der Waals surface area contributed by atoms with Gasteiger partial charge in [-0.1, -0.05) is 5.16 Å². The van der Waals surface area contributed by atoms with E-state index in [1.807, 2.05) is 0 Å². The second-order valence-corrected chi connectivity index (χ2v) is 6.28. The summed E-state index contributed by atoms with van der Waals surface area (Å²) in [7, 11) is -3.71. The molecule has 0 atom stereocenters. The molecular formula is C8H12N2O3S3. The van der Waals surface area contributed by atoms with Gasteiger partial charge in [0.2, 0.25) is 0 Å². The molecule has 0 aliphatic rings. The average Bonchev–Trinajstić information content (AvgIpc) is 2.55. The van der Waals surface area contributed by atoms with Crippen LogP contribution in [0.4, 0.5) is 0 Å². The maximum atomic E-state index is 11.9. The first-order chi connectivity index (χ1) is 7.42. The van der Waals surface area contributed by atoms with E-state index in [9.17, 15) is 8.42 Å². The molecule has 0 N–H and O–H groups in total. The Morgan fingerprint density at radius 1 is 1.31 bits per heavy atom. The fraction of sp³-hybridized carbons (Fsp3) is 0.500. The van der Waals surface area contributed by atoms with E-state index in [0.29, 0.717) is 10.1 Å². The summed E-state index contributed by atoms with van der Waals surface area (Å²) in [6.07, 6.45) is 3.55. The number of aromatic nitrogens is 1. The monoisotopic (exact) mass is 280 g/mol. The molecule has 1 aromatic rings. The van der Waals surface area contributed by atoms with Gasteiger partial charge >= 0.3 is 0 Å². The van der Waals surface area contributed by atoms with Crippen molar-refractivity contribution in [2.45, 2.75) is 18.7 Å². The molecule has 1 rings (SSSR count). The standard InChI is InChI=1S/C8H12N2O3S3/c1-5-7(6(2)13-9-5)16(11,12)10-8(14-3)15-4/h1-4H3. The van der Waals surface area contributed by atoms with Gasteiger partial charge in [-0.05, 0) is 26.4 Å². The summed E-state index contributed by atoms with van der Waals surface area (Å²) in [5.74, 6) is 0.266. The smallest absolute Gasteiger partial charge is 0.289 e. The van der Waals surface area contributed by atoms with Gasteiger partial charge in [-0.25, -0.2) is 0 Å². The van der Waals surface area contributed by atoms with Crippen LogP contribution in [-0.4, -0.2) is 30.5 Å². The van der Waals surface area contributed by atoms with Crippen LogP contribution in [0.25, 0.3) is 0 Å². The number of sulfonamides is 1. The first kappa shape index (κ1) is 13.6. The predicted molar refractivity (Wildman–Crippen MR) is 67.6 cm³/mol. The molecule has 0 aliphatic carbocycles. The van der Waals surface area contributed by atoms with Crippen LogP contribution in [-0.2, 0) is 10.0 Å². The quantitative estimate of drug-likeness (QED) is 0.610. The molecule has 0 saturated carbocycles. The van der Waals surface area contributed by atoms with Gasteiger partial charge in [0, 0.05) is 0 Å². The lowest BCUT2D eigenvalue weighted by Gasteiger charge is -2.00. The Morgan fingerprint density at radius 3 is 2.25 bits per heavy atom. The van der Waals surface area contributed by atoms with Crippen molar-refractivity contribution in [1.29, 1.82) is 0 Å². The first-order valence-corrected chi connectivity index (χ1v) is 8.17. The predicted octanol–water partition coefficient (Wildman–Crippen LogP) is 2.06. The van der Waals surface area contributed by atoms with Crippen molar-refractivity contribution in [2.24, 2.45) is 4.40 Å². The van der Waals surface area contributed by atoms with Crippen molar-refractivity contribution in [3.8, 4) is 0 Å². The van der Waals surface area contributed by atoms with Gasteiger partial charge in [0.05, 0.1) is 0 Å². The number of thioether (sulfide) groups is 2. The number of rotatable bonds is 2. The summed E-state index contributed by atoms with van der Waals surface area (Å²) < 4.78 is 32.9. The van der Waals surface area contributed by atoms with E-state index in [0.717, 1.165) is 0 Å². The number of nitrogens with zero attached hydrogens (tertiary/aromatic N) is 2. The summed E-state index contributed by atoms with van der Waals surface area (Å²) in [4.78, 5) is 0.0631. The first-order valence-electron chi connectivity index (χ1n) is 4.28. The molecule has 0 aliphatic heterocycles. The highest BCUT2D eigenvalue weighted by atomic mass is 32.2. The highest BCUT2D eigenvalue weighted by Gasteiger charge is 2.24. The van der Waals surface area contributed by atoms with Crippen LogP contribution >= 0.6 is 23.5 Å². The fourth-order valence-electron chi connectivity index (χ4n) is 1.14. The molecule has 0 fully saturated rings. The molecule has 0 spiro atoms. The molecule has 0 unspecified atom stereocenters. The molecule has 0 saturated heterocycles. The van der Waals surface area contributed by atoms with Gasteiger partial charge in [0.25, 0.3) is 10.0 Å². The SMILES string of the molecule is CSC(=NS(=O)(=O)c1c(C)noc1C)SC. The lowest BCUT2D eigenvalue weighted by molar-refractivity contribution is 0.390. The highest BCUT2D eigenvalue weighted by molar-refractivity contribution is 8.38. The van der Waals surface area contributed by atoms with E-state index in [1.54, 1.807) is 26.4 Å². The number of hydrogen-bond acceptors (Lipinski definition) is 6. The lowest BCUT2D eigenvalue weighted by atomic mass is 10.4. The molecule has 1 aromatic heterocycles. The molecule has 1 heterocycles. The Kier molecular flexibility index (Phi) is 4.45. The molecule has 0 bridgehead atoms. The van der Waals surface area contributed by atoms with Gasteiger partial charge in [0.1, 0.15) is 10.1 Å². The third kappa shape index (κ3) is 2.80. The van der Waals surface area contributed by atoms with Crippen LogP contribution in [0.1, 0.15) is 11.5 Å². The zero-order valence-electron chi connectivity index (χ0n) is 9.34. The fourth-order valence-corrected chi connectivity index (χ4v) is 4.09. The summed E-state index contributed by atoms with van der Waals surface area (Å²) in [6.45, 7) is 3.14. The van der Waals surface area contributed by atoms with Gasteiger partial charge in [-0.15, -0.1) is 27.9 Å². The molecule has 5 nitrogen and oxygen atoms in total. The van der Waals surface area contributed by atoms with E-state index in [-0.39, 0.29) is 10.7 Å². The largest absolute Gasteiger partial charge is 0.360 e. The minimum Gasteiger partial charge on any atom is -0.360 e. The molecular weight excluding hydrogens is 268 g/mol. The minimum atomic E-state index is -3.71. The maximum absolute atomic E-state index is 11.9. The van der Waals surface area contributed by atoms with E-state index in [2.05, 4.69) is 9.55 Å². The van der Waals surface area contributed by atoms with Crippen molar-refractivity contribution < 1.29 is 12.9 Å². The number of aryl methyl sites for hydroxylation is 2. The molecule has 0 aromatic carbocycles. The van der Waals surface area contributed by atoms with E-state index < -0.39 is 10.0 Å². The third-order valence-corrected chi connectivity index (χ3v) is 5.40. The molecule has 0 radical (unpaired) electrons. The topological polar surface area (TPSA) is 72.5 Å². The van der Waals surface area contributed by atoms with Crippen LogP contribution in [0.3, 0.4) is 0 Å². The van der Waals surface area contributed by atoms with Crippen molar-refractivity contribution in [1.82, 2.24) is 5.16 Å². The lowest BCUT2D eigenvalue weighted by Crippen LogP contribution is -2.02. The van der Waals surface area contributed by atoms with Crippen molar-refractivity contribution in [2.75, 3.05) is 12.5 Å². The average molecular weight is 280 g/mol. The van der Waals surface area contributed by atoms with Crippen molar-refractivity contribution in [3.05, 3.63) is 11.5 Å². The Morgan fingerprint density at radius 2 is 1.88 bits per heavy atom. The Balaban J connectivity index is 3.28. The van der Waals surface area contributed by atoms with E-state index in [1.165, 1.54) is 23.5 Å². The van der Waals surface area contributed by atoms with E-state index >= 15 is 0 Å². The summed E-state index contributed by atoms with van der Waals surface area (Å²) in [5.41, 5.74) is 0.336. The van der Waals surface area contributed by atoms with Crippen LogP contribution in [0.5, 0.6) is 0 Å². The van der Waals surface area contributed by atoms with Crippen LogP contribution in [0.15, 0.2) is 13.8 Å². The second kappa shape index (κ2) is 5.24. The Bertz CT molecular complexity index is 479. The van der Waals surface area contributed by atoms with Gasteiger partial charge in [0.15, 0.2) is 10.7 Å². The maximum Gasteiger partial charge on any atom is 0.289 e. The normalized spacial score (nSPS) is 11.5. The minimum absolute atomic E-state index is 0.0631. The molecule has 8 heteroatoms. The summed E-state index contributed by atoms with van der Waals surface area (Å²) >= 11 is 2.58. The van der Waals surface area contributed by atoms with Crippen LogP contribution in [0.2, 0.25) is 0 Å². The summed E-state index contributed by atoms with van der Waals surface area (Å²) in [6, 6.07) is 0. The second-order valence-electron chi connectivity index (χ2n) is 2.89. The van der Waals surface area contributed by atoms with Gasteiger partial charge in [-0.3, -0.25) is 0 Å². The zero-order chi connectivity index (χ0) is 12.3. The van der Waals surface area contributed by atoms with E-state index in [4.69, 9.17) is 4.52 Å². The zero-order valence-corrected chi connectivity index (χ0v) is 11.8. The van der Waals surface area contributed by atoms with Crippen molar-refractivity contribution in [3.63, 3.8) is 0 Å². The van der Waals surface area contributed by atoms with Crippen LogP contribution in [0, 0.1) is 13.8 Å². The third-order valence-electron chi connectivity index (χ3n) is 1.77. The molecule has 0 amide bonds. The summed E-state index contributed by atoms with van der Waals surface area (Å²) in [5, 5.41) is 3.60. The van der Waals surface area contributed by atoms with Crippen LogP contribution < -0.4 is 0 Å². The Labute approximate surface area is 103 Å².